The molecule has 158 valence electrons. The normalized spacial score (nSPS) is 19.5. The summed E-state index contributed by atoms with van der Waals surface area (Å²) < 4.78 is 6.06. The zero-order chi connectivity index (χ0) is 21.8. The van der Waals surface area contributed by atoms with Gasteiger partial charge in [-0.25, -0.2) is 9.78 Å². The second-order valence-corrected chi connectivity index (χ2v) is 7.93. The molecule has 1 amide bonds. The number of hydrogen-bond acceptors (Lipinski definition) is 4. The van der Waals surface area contributed by atoms with Gasteiger partial charge < -0.3 is 15.4 Å². The summed E-state index contributed by atoms with van der Waals surface area (Å²) in [7, 11) is 0. The maximum atomic E-state index is 13.0. The molecule has 0 aliphatic carbocycles. The van der Waals surface area contributed by atoms with Gasteiger partial charge in [0.15, 0.2) is 0 Å². The fraction of sp³-hybridized carbons (Fsp3) is 0.231. The molecule has 2 N–H and O–H groups in total. The third-order valence-electron chi connectivity index (χ3n) is 6.03. The first-order valence-corrected chi connectivity index (χ1v) is 10.5. The van der Waals surface area contributed by atoms with Crippen LogP contribution in [0.1, 0.15) is 36.9 Å². The van der Waals surface area contributed by atoms with Crippen molar-refractivity contribution < 1.29 is 9.53 Å². The minimum Gasteiger partial charge on any atom is -0.437 e. The van der Waals surface area contributed by atoms with Crippen LogP contribution in [0.25, 0.3) is 11.1 Å². The van der Waals surface area contributed by atoms with Gasteiger partial charge in [0.05, 0.1) is 6.04 Å². The fourth-order valence-electron chi connectivity index (χ4n) is 4.17. The Bertz CT molecular complexity index is 1050. The first-order chi connectivity index (χ1) is 15.0. The highest BCUT2D eigenvalue weighted by atomic mass is 16.6. The Balaban J connectivity index is 1.51. The summed E-state index contributed by atoms with van der Waals surface area (Å²) in [5.41, 5.74) is 9.15. The Hall–Kier alpha value is -3.60. The smallest absolute Gasteiger partial charge is 0.411 e. The van der Waals surface area contributed by atoms with E-state index < -0.39 is 5.60 Å². The van der Waals surface area contributed by atoms with Crippen LogP contribution in [0.2, 0.25) is 0 Å². The van der Waals surface area contributed by atoms with E-state index in [4.69, 9.17) is 10.5 Å². The van der Waals surface area contributed by atoms with Crippen LogP contribution in [-0.4, -0.2) is 22.5 Å². The van der Waals surface area contributed by atoms with E-state index in [9.17, 15) is 4.79 Å². The number of aromatic nitrogens is 1. The molecule has 1 aliphatic rings. The molecule has 2 unspecified atom stereocenters. The lowest BCUT2D eigenvalue weighted by atomic mass is 9.85. The quantitative estimate of drug-likeness (QED) is 0.526. The Morgan fingerprint density at radius 2 is 1.84 bits per heavy atom. The van der Waals surface area contributed by atoms with Crippen molar-refractivity contribution in [2.75, 3.05) is 12.3 Å². The van der Waals surface area contributed by atoms with Crippen LogP contribution in [0.15, 0.2) is 85.6 Å². The van der Waals surface area contributed by atoms with Gasteiger partial charge in [-0.2, -0.15) is 0 Å². The van der Waals surface area contributed by atoms with Gasteiger partial charge in [0, 0.05) is 31.1 Å². The standard InChI is InChI=1S/C26H27N3O2/c1-3-15-26(23-7-5-4-6-8-23)16-17-29(25(30)31-26)19(2)20-9-11-21(12-10-20)22-13-14-24(27)28-18-22/h3-14,18-19H,1,15-17H2,2H3,(H2,27,28). The minimum atomic E-state index is -0.650. The zero-order valence-corrected chi connectivity index (χ0v) is 17.7. The van der Waals surface area contributed by atoms with Crippen molar-refractivity contribution >= 4 is 11.9 Å². The molecule has 0 radical (unpaired) electrons. The number of amides is 1. The summed E-state index contributed by atoms with van der Waals surface area (Å²) in [5, 5.41) is 0. The lowest BCUT2D eigenvalue weighted by Crippen LogP contribution is -2.48. The molecule has 31 heavy (non-hydrogen) atoms. The monoisotopic (exact) mass is 413 g/mol. The molecule has 5 heteroatoms. The summed E-state index contributed by atoms with van der Waals surface area (Å²) in [6.07, 6.45) is 4.60. The number of nitrogen functional groups attached to an aromatic ring is 1. The van der Waals surface area contributed by atoms with Crippen LogP contribution in [0.3, 0.4) is 0 Å². The van der Waals surface area contributed by atoms with Crippen LogP contribution in [0.5, 0.6) is 0 Å². The average molecular weight is 414 g/mol. The number of carbonyl (C=O) groups is 1. The molecule has 2 atom stereocenters. The number of anilines is 1. The zero-order valence-electron chi connectivity index (χ0n) is 17.7. The largest absolute Gasteiger partial charge is 0.437 e. The molecular weight excluding hydrogens is 386 g/mol. The summed E-state index contributed by atoms with van der Waals surface area (Å²) in [6.45, 7) is 6.52. The number of nitrogens with zero attached hydrogens (tertiary/aromatic N) is 2. The van der Waals surface area contributed by atoms with Gasteiger partial charge in [0.2, 0.25) is 0 Å². The van der Waals surface area contributed by atoms with Crippen molar-refractivity contribution in [3.8, 4) is 11.1 Å². The summed E-state index contributed by atoms with van der Waals surface area (Å²) in [6, 6.07) is 21.8. The van der Waals surface area contributed by atoms with E-state index in [1.165, 1.54) is 0 Å². The third kappa shape index (κ3) is 4.17. The molecule has 3 aromatic rings. The minimum absolute atomic E-state index is 0.0939. The second-order valence-electron chi connectivity index (χ2n) is 7.93. The lowest BCUT2D eigenvalue weighted by Gasteiger charge is -2.43. The van der Waals surface area contributed by atoms with Crippen LogP contribution < -0.4 is 5.73 Å². The van der Waals surface area contributed by atoms with Gasteiger partial charge in [-0.3, -0.25) is 0 Å². The second kappa shape index (κ2) is 8.64. The molecule has 0 bridgehead atoms. The van der Waals surface area contributed by atoms with Gasteiger partial charge in [-0.05, 0) is 35.7 Å². The topological polar surface area (TPSA) is 68.5 Å². The van der Waals surface area contributed by atoms with Crippen molar-refractivity contribution in [1.82, 2.24) is 9.88 Å². The average Bonchev–Trinajstić information content (AvgIpc) is 2.80. The molecule has 5 nitrogen and oxygen atoms in total. The van der Waals surface area contributed by atoms with Crippen LogP contribution >= 0.6 is 0 Å². The highest BCUT2D eigenvalue weighted by Crippen LogP contribution is 2.39. The van der Waals surface area contributed by atoms with Gasteiger partial charge in [-0.15, -0.1) is 6.58 Å². The predicted molar refractivity (Wildman–Crippen MR) is 123 cm³/mol. The molecule has 1 saturated heterocycles. The van der Waals surface area contributed by atoms with E-state index in [0.29, 0.717) is 25.2 Å². The lowest BCUT2D eigenvalue weighted by molar-refractivity contribution is -0.0588. The maximum absolute atomic E-state index is 13.0. The molecular formula is C26H27N3O2. The number of ether oxygens (including phenoxy) is 1. The molecule has 4 rings (SSSR count). The van der Waals surface area contributed by atoms with Crippen molar-refractivity contribution in [3.05, 3.63) is 96.7 Å². The van der Waals surface area contributed by atoms with Gasteiger partial charge in [0.25, 0.3) is 0 Å². The van der Waals surface area contributed by atoms with E-state index >= 15 is 0 Å². The third-order valence-corrected chi connectivity index (χ3v) is 6.03. The number of carbonyl (C=O) groups excluding carboxylic acids is 1. The van der Waals surface area contributed by atoms with E-state index in [1.807, 2.05) is 73.7 Å². The Morgan fingerprint density at radius 3 is 2.45 bits per heavy atom. The van der Waals surface area contributed by atoms with Crippen molar-refractivity contribution in [3.63, 3.8) is 0 Å². The van der Waals surface area contributed by atoms with Crippen molar-refractivity contribution in [2.24, 2.45) is 0 Å². The van der Waals surface area contributed by atoms with Crippen LogP contribution in [0, 0.1) is 0 Å². The maximum Gasteiger partial charge on any atom is 0.411 e. The number of hydrogen-bond donors (Lipinski definition) is 1. The first kappa shape index (κ1) is 20.7. The van der Waals surface area contributed by atoms with E-state index in [0.717, 1.165) is 22.3 Å². The molecule has 2 aromatic carbocycles. The van der Waals surface area contributed by atoms with E-state index in [2.05, 4.69) is 11.6 Å². The van der Waals surface area contributed by atoms with E-state index in [1.54, 1.807) is 17.2 Å². The molecule has 2 heterocycles. The summed E-state index contributed by atoms with van der Waals surface area (Å²) >= 11 is 0. The Kier molecular flexibility index (Phi) is 5.76. The fourth-order valence-corrected chi connectivity index (χ4v) is 4.17. The highest BCUT2D eigenvalue weighted by Gasteiger charge is 2.42. The van der Waals surface area contributed by atoms with Gasteiger partial charge in [-0.1, -0.05) is 60.7 Å². The highest BCUT2D eigenvalue weighted by molar-refractivity contribution is 5.70. The van der Waals surface area contributed by atoms with Gasteiger partial charge in [0.1, 0.15) is 11.4 Å². The number of rotatable bonds is 6. The molecule has 0 spiro atoms. The van der Waals surface area contributed by atoms with E-state index in [-0.39, 0.29) is 12.1 Å². The molecule has 1 aromatic heterocycles. The number of cyclic esters (lactones) is 1. The van der Waals surface area contributed by atoms with Gasteiger partial charge >= 0.3 is 6.09 Å². The molecule has 1 aliphatic heterocycles. The SMILES string of the molecule is C=CCC1(c2ccccc2)CCN(C(C)c2ccc(-c3ccc(N)nc3)cc2)C(=O)O1. The van der Waals surface area contributed by atoms with Crippen molar-refractivity contribution in [2.45, 2.75) is 31.4 Å². The summed E-state index contributed by atoms with van der Waals surface area (Å²) in [5.74, 6) is 0.501. The predicted octanol–water partition coefficient (Wildman–Crippen LogP) is 5.71. The summed E-state index contributed by atoms with van der Waals surface area (Å²) in [4.78, 5) is 19.0. The van der Waals surface area contributed by atoms with Crippen molar-refractivity contribution in [1.29, 1.82) is 0 Å². The molecule has 0 saturated carbocycles. The van der Waals surface area contributed by atoms with Crippen LogP contribution in [0.4, 0.5) is 10.6 Å². The number of benzene rings is 2. The van der Waals surface area contributed by atoms with Crippen LogP contribution in [-0.2, 0) is 10.3 Å². The Labute approximate surface area is 183 Å². The first-order valence-electron chi connectivity index (χ1n) is 10.5. The molecule has 1 fully saturated rings. The number of pyridine rings is 1. The number of nitrogens with two attached hydrogens (primary N) is 1. The Morgan fingerprint density at radius 1 is 1.13 bits per heavy atom.